The predicted molar refractivity (Wildman–Crippen MR) is 101 cm³/mol. The Kier molecular flexibility index (Phi) is 5.62. The van der Waals surface area contributed by atoms with E-state index in [1.165, 1.54) is 22.0 Å². The number of carbonyl (C=O) groups excluding carboxylic acids is 1. The van der Waals surface area contributed by atoms with Gasteiger partial charge in [0.2, 0.25) is 16.9 Å². The summed E-state index contributed by atoms with van der Waals surface area (Å²) in [5.41, 5.74) is 2.35. The molecule has 2 aromatic heterocycles. The van der Waals surface area contributed by atoms with Crippen LogP contribution in [0.1, 0.15) is 31.0 Å². The van der Waals surface area contributed by atoms with E-state index >= 15 is 0 Å². The monoisotopic (exact) mass is 371 g/mol. The van der Waals surface area contributed by atoms with Crippen LogP contribution in [0, 0.1) is 0 Å². The highest BCUT2D eigenvalue weighted by molar-refractivity contribution is 7.99. The molecule has 1 amide bonds. The number of thioether (sulfide) groups is 1. The SMILES string of the molecule is CCc1ccc(C(C)NC(=O)CSc2nnc(-c3ccco3)n2N)cc1. The van der Waals surface area contributed by atoms with E-state index in [1.807, 2.05) is 19.1 Å². The number of aromatic nitrogens is 3. The van der Waals surface area contributed by atoms with E-state index in [1.54, 1.807) is 18.4 Å². The van der Waals surface area contributed by atoms with Crippen molar-refractivity contribution in [2.24, 2.45) is 0 Å². The number of benzene rings is 1. The minimum absolute atomic E-state index is 0.0663. The molecular formula is C18H21N5O2S. The van der Waals surface area contributed by atoms with Gasteiger partial charge in [0.25, 0.3) is 0 Å². The molecule has 1 atom stereocenters. The molecular weight excluding hydrogens is 350 g/mol. The molecule has 1 aromatic carbocycles. The van der Waals surface area contributed by atoms with Gasteiger partial charge < -0.3 is 15.6 Å². The average molecular weight is 371 g/mol. The first-order valence-electron chi connectivity index (χ1n) is 8.33. The van der Waals surface area contributed by atoms with Crippen LogP contribution in [0.2, 0.25) is 0 Å². The molecule has 0 aliphatic carbocycles. The second kappa shape index (κ2) is 8.09. The number of amides is 1. The molecule has 136 valence electrons. The number of nitrogens with two attached hydrogens (primary N) is 1. The molecule has 0 bridgehead atoms. The number of hydrogen-bond acceptors (Lipinski definition) is 6. The number of aryl methyl sites for hydroxylation is 1. The van der Waals surface area contributed by atoms with Crippen molar-refractivity contribution in [2.75, 3.05) is 11.6 Å². The van der Waals surface area contributed by atoms with Crippen molar-refractivity contribution in [3.63, 3.8) is 0 Å². The molecule has 0 aliphatic heterocycles. The summed E-state index contributed by atoms with van der Waals surface area (Å²) in [6.45, 7) is 4.08. The zero-order valence-electron chi connectivity index (χ0n) is 14.7. The smallest absolute Gasteiger partial charge is 0.230 e. The summed E-state index contributed by atoms with van der Waals surface area (Å²) >= 11 is 1.23. The third-order valence-corrected chi connectivity index (χ3v) is 4.95. The topological polar surface area (TPSA) is 99.0 Å². The molecule has 3 N–H and O–H groups in total. The number of rotatable bonds is 7. The van der Waals surface area contributed by atoms with Gasteiger partial charge in [-0.25, -0.2) is 4.68 Å². The maximum absolute atomic E-state index is 12.2. The first kappa shape index (κ1) is 18.1. The fourth-order valence-electron chi connectivity index (χ4n) is 2.49. The number of hydrogen-bond donors (Lipinski definition) is 2. The van der Waals surface area contributed by atoms with Gasteiger partial charge >= 0.3 is 0 Å². The van der Waals surface area contributed by atoms with Crippen LogP contribution in [-0.2, 0) is 11.2 Å². The van der Waals surface area contributed by atoms with Crippen molar-refractivity contribution in [3.8, 4) is 11.6 Å². The van der Waals surface area contributed by atoms with Gasteiger partial charge in [0.1, 0.15) is 0 Å². The Morgan fingerprint density at radius 1 is 1.31 bits per heavy atom. The molecule has 1 unspecified atom stereocenters. The molecule has 2 heterocycles. The van der Waals surface area contributed by atoms with E-state index in [2.05, 4.69) is 34.6 Å². The standard InChI is InChI=1S/C18H21N5O2S/c1-3-13-6-8-14(9-7-13)12(2)20-16(24)11-26-18-22-21-17(23(18)19)15-5-4-10-25-15/h4-10,12H,3,11,19H2,1-2H3,(H,20,24). The van der Waals surface area contributed by atoms with Gasteiger partial charge in [-0.2, -0.15) is 0 Å². The molecule has 0 aliphatic rings. The van der Waals surface area contributed by atoms with Crippen molar-refractivity contribution in [2.45, 2.75) is 31.5 Å². The molecule has 0 saturated heterocycles. The summed E-state index contributed by atoms with van der Waals surface area (Å²) < 4.78 is 6.59. The third-order valence-electron chi connectivity index (χ3n) is 4.00. The van der Waals surface area contributed by atoms with Gasteiger partial charge in [0.05, 0.1) is 18.1 Å². The van der Waals surface area contributed by atoms with Crippen LogP contribution in [0.25, 0.3) is 11.6 Å². The molecule has 3 aromatic rings. The molecule has 0 spiro atoms. The third kappa shape index (κ3) is 4.08. The van der Waals surface area contributed by atoms with E-state index in [4.69, 9.17) is 10.3 Å². The lowest BCUT2D eigenvalue weighted by molar-refractivity contribution is -0.119. The van der Waals surface area contributed by atoms with Gasteiger partial charge in [-0.3, -0.25) is 4.79 Å². The van der Waals surface area contributed by atoms with Crippen molar-refractivity contribution < 1.29 is 9.21 Å². The maximum Gasteiger partial charge on any atom is 0.230 e. The fraction of sp³-hybridized carbons (Fsp3) is 0.278. The van der Waals surface area contributed by atoms with E-state index in [-0.39, 0.29) is 17.7 Å². The number of carbonyl (C=O) groups is 1. The minimum atomic E-state index is -0.0929. The van der Waals surface area contributed by atoms with Crippen LogP contribution in [0.4, 0.5) is 0 Å². The maximum atomic E-state index is 12.2. The molecule has 26 heavy (non-hydrogen) atoms. The van der Waals surface area contributed by atoms with E-state index in [0.717, 1.165) is 12.0 Å². The summed E-state index contributed by atoms with van der Waals surface area (Å²) in [4.78, 5) is 12.2. The Morgan fingerprint density at radius 2 is 2.08 bits per heavy atom. The Bertz CT molecular complexity index is 858. The Balaban J connectivity index is 1.55. The fourth-order valence-corrected chi connectivity index (χ4v) is 3.16. The van der Waals surface area contributed by atoms with Crippen LogP contribution in [0.5, 0.6) is 0 Å². The summed E-state index contributed by atoms with van der Waals surface area (Å²) in [6, 6.07) is 11.7. The number of nitrogen functional groups attached to an aromatic ring is 1. The highest BCUT2D eigenvalue weighted by Gasteiger charge is 2.16. The summed E-state index contributed by atoms with van der Waals surface area (Å²) in [5.74, 6) is 7.03. The molecule has 8 heteroatoms. The van der Waals surface area contributed by atoms with Gasteiger partial charge in [0, 0.05) is 0 Å². The van der Waals surface area contributed by atoms with E-state index in [9.17, 15) is 4.79 Å². The lowest BCUT2D eigenvalue weighted by atomic mass is 10.1. The second-order valence-corrected chi connectivity index (χ2v) is 6.77. The van der Waals surface area contributed by atoms with Gasteiger partial charge in [-0.05, 0) is 36.6 Å². The number of nitrogens with zero attached hydrogens (tertiary/aromatic N) is 3. The quantitative estimate of drug-likeness (QED) is 0.489. The van der Waals surface area contributed by atoms with Gasteiger partial charge in [-0.15, -0.1) is 10.2 Å². The van der Waals surface area contributed by atoms with Crippen LogP contribution < -0.4 is 11.2 Å². The molecule has 3 rings (SSSR count). The van der Waals surface area contributed by atoms with E-state index < -0.39 is 0 Å². The predicted octanol–water partition coefficient (Wildman–Crippen LogP) is 2.78. The van der Waals surface area contributed by atoms with Crippen molar-refractivity contribution in [3.05, 3.63) is 53.8 Å². The van der Waals surface area contributed by atoms with Crippen LogP contribution in [0.15, 0.2) is 52.2 Å². The molecule has 7 nitrogen and oxygen atoms in total. The molecule has 0 radical (unpaired) electrons. The average Bonchev–Trinajstić information content (AvgIpc) is 3.29. The molecule has 0 fully saturated rings. The van der Waals surface area contributed by atoms with E-state index in [0.29, 0.717) is 16.7 Å². The lowest BCUT2D eigenvalue weighted by Gasteiger charge is -2.14. The van der Waals surface area contributed by atoms with Crippen LogP contribution in [-0.4, -0.2) is 26.5 Å². The number of nitrogens with one attached hydrogen (secondary N) is 1. The molecule has 0 saturated carbocycles. The zero-order valence-corrected chi connectivity index (χ0v) is 15.5. The summed E-state index contributed by atoms with van der Waals surface area (Å²) in [5, 5.41) is 11.4. The van der Waals surface area contributed by atoms with Crippen molar-refractivity contribution in [1.29, 1.82) is 0 Å². The van der Waals surface area contributed by atoms with Crippen LogP contribution >= 0.6 is 11.8 Å². The second-order valence-electron chi connectivity index (χ2n) is 5.83. The highest BCUT2D eigenvalue weighted by Crippen LogP contribution is 2.22. The summed E-state index contributed by atoms with van der Waals surface area (Å²) in [6.07, 6.45) is 2.54. The van der Waals surface area contributed by atoms with Crippen molar-refractivity contribution in [1.82, 2.24) is 20.2 Å². The zero-order chi connectivity index (χ0) is 18.5. The highest BCUT2D eigenvalue weighted by atomic mass is 32.2. The Labute approximate surface area is 156 Å². The Hall–Kier alpha value is -2.74. The lowest BCUT2D eigenvalue weighted by Crippen LogP contribution is -2.28. The first-order chi connectivity index (χ1) is 12.6. The first-order valence-corrected chi connectivity index (χ1v) is 9.32. The largest absolute Gasteiger partial charge is 0.461 e. The van der Waals surface area contributed by atoms with Gasteiger partial charge in [0.15, 0.2) is 5.76 Å². The Morgan fingerprint density at radius 3 is 2.73 bits per heavy atom. The van der Waals surface area contributed by atoms with Gasteiger partial charge in [-0.1, -0.05) is 43.0 Å². The minimum Gasteiger partial charge on any atom is -0.461 e. The summed E-state index contributed by atoms with van der Waals surface area (Å²) in [7, 11) is 0. The van der Waals surface area contributed by atoms with Crippen molar-refractivity contribution >= 4 is 17.7 Å². The normalized spacial score (nSPS) is 12.1. The number of furan rings is 1. The van der Waals surface area contributed by atoms with Crippen LogP contribution in [0.3, 0.4) is 0 Å².